The second kappa shape index (κ2) is 8.16. The maximum atomic E-state index is 12.4. The fourth-order valence-corrected chi connectivity index (χ4v) is 2.90. The van der Waals surface area contributed by atoms with E-state index in [9.17, 15) is 14.7 Å². The van der Waals surface area contributed by atoms with Gasteiger partial charge in [-0.3, -0.25) is 9.59 Å². The lowest BCUT2D eigenvalue weighted by Gasteiger charge is -2.26. The highest BCUT2D eigenvalue weighted by Crippen LogP contribution is 2.38. The molecule has 0 radical (unpaired) electrons. The quantitative estimate of drug-likeness (QED) is 0.782. The molecule has 6 heteroatoms. The number of aliphatic hydroxyl groups excluding tert-OH is 1. The van der Waals surface area contributed by atoms with Crippen molar-refractivity contribution >= 4 is 11.7 Å². The average molecular weight is 347 g/mol. The molecule has 2 rings (SSSR count). The van der Waals surface area contributed by atoms with E-state index in [0.717, 1.165) is 5.56 Å². The summed E-state index contributed by atoms with van der Waals surface area (Å²) in [7, 11) is 1.54. The number of ketones is 1. The average Bonchev–Trinajstić information content (AvgIpc) is 2.84. The van der Waals surface area contributed by atoms with Gasteiger partial charge in [-0.25, -0.2) is 0 Å². The molecule has 1 aliphatic rings. The van der Waals surface area contributed by atoms with Gasteiger partial charge in [0.2, 0.25) is 0 Å². The number of methoxy groups -OCH3 is 1. The van der Waals surface area contributed by atoms with Crippen LogP contribution in [0.5, 0.6) is 5.75 Å². The monoisotopic (exact) mass is 347 g/mol. The minimum absolute atomic E-state index is 0.0540. The molecular formula is C19H25NO5. The second-order valence-corrected chi connectivity index (χ2v) is 6.17. The Morgan fingerprint density at radius 2 is 1.92 bits per heavy atom. The van der Waals surface area contributed by atoms with Crippen molar-refractivity contribution in [2.24, 2.45) is 0 Å². The van der Waals surface area contributed by atoms with Crippen molar-refractivity contribution in [2.75, 3.05) is 20.3 Å². The third-order valence-corrected chi connectivity index (χ3v) is 4.03. The summed E-state index contributed by atoms with van der Waals surface area (Å²) < 4.78 is 10.7. The molecule has 1 atom stereocenters. The molecule has 1 aromatic carbocycles. The molecule has 0 aliphatic carbocycles. The van der Waals surface area contributed by atoms with E-state index in [1.165, 1.54) is 4.90 Å². The highest BCUT2D eigenvalue weighted by molar-refractivity contribution is 6.08. The summed E-state index contributed by atoms with van der Waals surface area (Å²) in [5.74, 6) is -0.529. The molecule has 1 unspecified atom stereocenters. The van der Waals surface area contributed by atoms with Crippen LogP contribution in [-0.4, -0.2) is 48.1 Å². The number of carbonyl (C=O) groups excluding carboxylic acids is 2. The van der Waals surface area contributed by atoms with Gasteiger partial charge in [-0.1, -0.05) is 19.1 Å². The largest absolute Gasteiger partial charge is 0.503 e. The van der Waals surface area contributed by atoms with Crippen LogP contribution in [0, 0.1) is 0 Å². The smallest absolute Gasteiger partial charge is 0.290 e. The van der Waals surface area contributed by atoms with Crippen molar-refractivity contribution in [2.45, 2.75) is 39.3 Å². The van der Waals surface area contributed by atoms with Gasteiger partial charge in [0.1, 0.15) is 5.75 Å². The summed E-state index contributed by atoms with van der Waals surface area (Å²) in [4.78, 5) is 26.2. The van der Waals surface area contributed by atoms with Crippen molar-refractivity contribution in [3.8, 4) is 5.75 Å². The molecule has 0 fully saturated rings. The summed E-state index contributed by atoms with van der Waals surface area (Å²) >= 11 is 0. The Morgan fingerprint density at radius 1 is 1.28 bits per heavy atom. The first-order chi connectivity index (χ1) is 11.9. The maximum Gasteiger partial charge on any atom is 0.290 e. The van der Waals surface area contributed by atoms with Crippen LogP contribution in [0.1, 0.15) is 38.8 Å². The number of carbonyl (C=O) groups is 2. The van der Waals surface area contributed by atoms with Gasteiger partial charge in [-0.15, -0.1) is 0 Å². The predicted octanol–water partition coefficient (Wildman–Crippen LogP) is 2.79. The van der Waals surface area contributed by atoms with E-state index in [2.05, 4.69) is 0 Å². The molecule has 1 aromatic rings. The Kier molecular flexibility index (Phi) is 6.20. The molecule has 6 nitrogen and oxygen atoms in total. The Bertz CT molecular complexity index is 663. The van der Waals surface area contributed by atoms with E-state index in [0.29, 0.717) is 12.4 Å². The topological polar surface area (TPSA) is 76.1 Å². The highest BCUT2D eigenvalue weighted by atomic mass is 16.5. The van der Waals surface area contributed by atoms with E-state index in [4.69, 9.17) is 9.47 Å². The van der Waals surface area contributed by atoms with Crippen LogP contribution in [0.3, 0.4) is 0 Å². The van der Waals surface area contributed by atoms with Gasteiger partial charge in [0, 0.05) is 20.1 Å². The van der Waals surface area contributed by atoms with Crippen molar-refractivity contribution in [1.29, 1.82) is 0 Å². The van der Waals surface area contributed by atoms with Crippen LogP contribution in [0.15, 0.2) is 35.6 Å². The summed E-state index contributed by atoms with van der Waals surface area (Å²) in [5.41, 5.74) is 0.905. The number of benzene rings is 1. The molecule has 0 saturated carbocycles. The SMILES string of the molecule is CCC(=O)C1=C(O)C(=O)N(CCOC)C1c1ccc(OC(C)C)cc1. The fourth-order valence-electron chi connectivity index (χ4n) is 2.90. The van der Waals surface area contributed by atoms with Crippen LogP contribution in [0.4, 0.5) is 0 Å². The van der Waals surface area contributed by atoms with Crippen LogP contribution >= 0.6 is 0 Å². The zero-order valence-corrected chi connectivity index (χ0v) is 15.1. The van der Waals surface area contributed by atoms with Crippen molar-refractivity contribution in [3.05, 3.63) is 41.2 Å². The minimum Gasteiger partial charge on any atom is -0.503 e. The minimum atomic E-state index is -0.608. The first-order valence-electron chi connectivity index (χ1n) is 8.43. The summed E-state index contributed by atoms with van der Waals surface area (Å²) in [5, 5.41) is 10.2. The Labute approximate surface area is 148 Å². The number of aliphatic hydroxyl groups is 1. The Morgan fingerprint density at radius 3 is 2.44 bits per heavy atom. The van der Waals surface area contributed by atoms with Gasteiger partial charge in [-0.05, 0) is 31.5 Å². The van der Waals surface area contributed by atoms with Gasteiger partial charge >= 0.3 is 0 Å². The second-order valence-electron chi connectivity index (χ2n) is 6.17. The van der Waals surface area contributed by atoms with Gasteiger partial charge in [-0.2, -0.15) is 0 Å². The summed E-state index contributed by atoms with van der Waals surface area (Å²) in [6, 6.07) is 6.63. The van der Waals surface area contributed by atoms with Crippen molar-refractivity contribution in [1.82, 2.24) is 4.90 Å². The molecule has 1 amide bonds. The maximum absolute atomic E-state index is 12.4. The van der Waals surface area contributed by atoms with Crippen LogP contribution in [-0.2, 0) is 14.3 Å². The van der Waals surface area contributed by atoms with E-state index in [1.807, 2.05) is 26.0 Å². The fraction of sp³-hybridized carbons (Fsp3) is 0.474. The third-order valence-electron chi connectivity index (χ3n) is 4.03. The molecule has 1 aliphatic heterocycles. The molecule has 25 heavy (non-hydrogen) atoms. The normalized spacial score (nSPS) is 17.6. The first-order valence-corrected chi connectivity index (χ1v) is 8.43. The van der Waals surface area contributed by atoms with Gasteiger partial charge in [0.05, 0.1) is 24.3 Å². The lowest BCUT2D eigenvalue weighted by molar-refractivity contribution is -0.130. The zero-order valence-electron chi connectivity index (χ0n) is 15.1. The van der Waals surface area contributed by atoms with E-state index in [1.54, 1.807) is 26.2 Å². The lowest BCUT2D eigenvalue weighted by atomic mass is 9.95. The van der Waals surface area contributed by atoms with Gasteiger partial charge in [0.15, 0.2) is 11.5 Å². The lowest BCUT2D eigenvalue weighted by Crippen LogP contribution is -2.33. The predicted molar refractivity (Wildman–Crippen MR) is 93.5 cm³/mol. The number of Topliss-reactive ketones (excluding diaryl/α,β-unsaturated/α-hetero) is 1. The Balaban J connectivity index is 2.40. The number of hydrogen-bond acceptors (Lipinski definition) is 5. The number of ether oxygens (including phenoxy) is 2. The van der Waals surface area contributed by atoms with E-state index < -0.39 is 17.7 Å². The number of amides is 1. The highest BCUT2D eigenvalue weighted by Gasteiger charge is 2.42. The first kappa shape index (κ1) is 19.0. The van der Waals surface area contributed by atoms with Crippen molar-refractivity contribution in [3.63, 3.8) is 0 Å². The molecule has 0 saturated heterocycles. The van der Waals surface area contributed by atoms with E-state index in [-0.39, 0.29) is 30.4 Å². The molecule has 0 bridgehead atoms. The van der Waals surface area contributed by atoms with Crippen LogP contribution in [0.2, 0.25) is 0 Å². The van der Waals surface area contributed by atoms with Gasteiger partial charge < -0.3 is 19.5 Å². The summed E-state index contributed by atoms with van der Waals surface area (Å²) in [6.45, 7) is 6.19. The number of rotatable bonds is 8. The standard InChI is InChI=1S/C19H25NO5/c1-5-15(21)16-17(20(10-11-24-4)19(23)18(16)22)13-6-8-14(9-7-13)25-12(2)3/h6-9,12,17,22H,5,10-11H2,1-4H3. The molecule has 1 heterocycles. The molecule has 0 spiro atoms. The zero-order chi connectivity index (χ0) is 18.6. The number of nitrogens with zero attached hydrogens (tertiary/aromatic N) is 1. The van der Waals surface area contributed by atoms with Crippen molar-refractivity contribution < 1.29 is 24.2 Å². The number of hydrogen-bond donors (Lipinski definition) is 1. The van der Waals surface area contributed by atoms with Crippen LogP contribution < -0.4 is 4.74 Å². The van der Waals surface area contributed by atoms with Crippen LogP contribution in [0.25, 0.3) is 0 Å². The third kappa shape index (κ3) is 4.02. The van der Waals surface area contributed by atoms with Gasteiger partial charge in [0.25, 0.3) is 5.91 Å². The van der Waals surface area contributed by atoms with E-state index >= 15 is 0 Å². The molecule has 136 valence electrons. The molecule has 1 N–H and O–H groups in total. The molecule has 0 aromatic heterocycles. The summed E-state index contributed by atoms with van der Waals surface area (Å²) in [6.07, 6.45) is 0.272. The molecular weight excluding hydrogens is 322 g/mol. The Hall–Kier alpha value is -2.34.